The largest absolute Gasteiger partial charge is 0.508 e. The summed E-state index contributed by atoms with van der Waals surface area (Å²) in [6.07, 6.45) is 1.23. The highest BCUT2D eigenvalue weighted by Gasteiger charge is 2.34. The van der Waals surface area contributed by atoms with Crippen LogP contribution in [0, 0.1) is 16.7 Å². The van der Waals surface area contributed by atoms with Crippen molar-refractivity contribution in [1.29, 1.82) is 0 Å². The highest BCUT2D eigenvalue weighted by atomic mass is 16.5. The van der Waals surface area contributed by atoms with E-state index in [1.165, 1.54) is 0 Å². The first kappa shape index (κ1) is 20.5. The van der Waals surface area contributed by atoms with E-state index in [4.69, 9.17) is 10.5 Å². The van der Waals surface area contributed by atoms with Crippen LogP contribution in [0.4, 0.5) is 0 Å². The minimum atomic E-state index is -0.683. The predicted octanol–water partition coefficient (Wildman–Crippen LogP) is 3.90. The molecule has 3 N–H and O–H groups in total. The van der Waals surface area contributed by atoms with Gasteiger partial charge in [0.2, 0.25) is 0 Å². The molecule has 0 aliphatic carbocycles. The molecule has 1 rings (SSSR count). The second kappa shape index (κ2) is 8.02. The van der Waals surface area contributed by atoms with Gasteiger partial charge >= 0.3 is 5.97 Å². The number of phenols is 1. The second-order valence-electron chi connectivity index (χ2n) is 8.72. The molecule has 1 atom stereocenters. The van der Waals surface area contributed by atoms with Crippen LogP contribution in [0.25, 0.3) is 0 Å². The Labute approximate surface area is 146 Å². The van der Waals surface area contributed by atoms with E-state index in [0.717, 1.165) is 12.0 Å². The van der Waals surface area contributed by atoms with Crippen molar-refractivity contribution in [2.45, 2.75) is 60.4 Å². The molecule has 0 bridgehead atoms. The number of carbonyl (C=O) groups excluding carboxylic acids is 1. The Bertz CT molecular complexity index is 509. The average molecular weight is 335 g/mol. The first-order valence-corrected chi connectivity index (χ1v) is 8.61. The maximum Gasteiger partial charge on any atom is 0.323 e. The number of rotatable bonds is 6. The maximum atomic E-state index is 12.1. The van der Waals surface area contributed by atoms with Crippen LogP contribution in [0.5, 0.6) is 5.75 Å². The number of nitrogens with two attached hydrogens (primary N) is 1. The highest BCUT2D eigenvalue weighted by molar-refractivity contribution is 5.75. The standard InChI is InChI=1S/C20H33NO3/c1-19(2,3)17(20(4,5)6)11-12-24-18(23)16(21)13-14-7-9-15(22)10-8-14/h7-10,16-17,22H,11-13,21H2,1-6H3. The van der Waals surface area contributed by atoms with Gasteiger partial charge in [0.05, 0.1) is 6.61 Å². The predicted molar refractivity (Wildman–Crippen MR) is 97.8 cm³/mol. The topological polar surface area (TPSA) is 72.5 Å². The fourth-order valence-electron chi connectivity index (χ4n) is 3.52. The fraction of sp³-hybridized carbons (Fsp3) is 0.650. The highest BCUT2D eigenvalue weighted by Crippen LogP contribution is 2.41. The summed E-state index contributed by atoms with van der Waals surface area (Å²) in [5.74, 6) is 0.265. The minimum absolute atomic E-state index is 0.152. The van der Waals surface area contributed by atoms with Gasteiger partial charge in [-0.1, -0.05) is 53.7 Å². The number of benzene rings is 1. The van der Waals surface area contributed by atoms with Gasteiger partial charge in [-0.05, 0) is 47.3 Å². The molecule has 0 heterocycles. The molecule has 1 unspecified atom stereocenters. The quantitative estimate of drug-likeness (QED) is 0.773. The van der Waals surface area contributed by atoms with Crippen LogP contribution in [0.1, 0.15) is 53.5 Å². The molecule has 0 amide bonds. The Morgan fingerprint density at radius 2 is 1.58 bits per heavy atom. The lowest BCUT2D eigenvalue weighted by Crippen LogP contribution is -2.36. The van der Waals surface area contributed by atoms with Crippen LogP contribution in [0.2, 0.25) is 0 Å². The number of hydrogen-bond acceptors (Lipinski definition) is 4. The van der Waals surface area contributed by atoms with Crippen LogP contribution in [-0.4, -0.2) is 23.7 Å². The van der Waals surface area contributed by atoms with Gasteiger partial charge < -0.3 is 15.6 Å². The summed E-state index contributed by atoms with van der Waals surface area (Å²) in [6.45, 7) is 13.7. The van der Waals surface area contributed by atoms with Crippen LogP contribution < -0.4 is 5.73 Å². The van der Waals surface area contributed by atoms with Gasteiger partial charge in [0.25, 0.3) is 0 Å². The molecule has 0 fully saturated rings. The van der Waals surface area contributed by atoms with E-state index in [2.05, 4.69) is 41.5 Å². The molecular formula is C20H33NO3. The van der Waals surface area contributed by atoms with E-state index in [-0.39, 0.29) is 22.5 Å². The van der Waals surface area contributed by atoms with Crippen molar-refractivity contribution in [2.24, 2.45) is 22.5 Å². The van der Waals surface area contributed by atoms with Crippen molar-refractivity contribution in [1.82, 2.24) is 0 Å². The van der Waals surface area contributed by atoms with Crippen molar-refractivity contribution in [2.75, 3.05) is 6.61 Å². The van der Waals surface area contributed by atoms with E-state index in [1.807, 2.05) is 0 Å². The number of carbonyl (C=O) groups is 1. The lowest BCUT2D eigenvalue weighted by Gasteiger charge is -2.40. The molecular weight excluding hydrogens is 302 g/mol. The summed E-state index contributed by atoms with van der Waals surface area (Å²) in [5, 5.41) is 9.28. The molecule has 0 saturated heterocycles. The average Bonchev–Trinajstić information content (AvgIpc) is 2.43. The van der Waals surface area contributed by atoms with Crippen LogP contribution in [-0.2, 0) is 16.0 Å². The van der Waals surface area contributed by atoms with E-state index in [0.29, 0.717) is 18.9 Å². The van der Waals surface area contributed by atoms with Crippen LogP contribution in [0.3, 0.4) is 0 Å². The molecule has 0 aliphatic heterocycles. The third kappa shape index (κ3) is 6.52. The van der Waals surface area contributed by atoms with Gasteiger partial charge in [0.15, 0.2) is 0 Å². The number of hydrogen-bond donors (Lipinski definition) is 2. The van der Waals surface area contributed by atoms with Crippen molar-refractivity contribution in [3.63, 3.8) is 0 Å². The molecule has 0 aromatic heterocycles. The summed E-state index contributed by atoms with van der Waals surface area (Å²) >= 11 is 0. The summed E-state index contributed by atoms with van der Waals surface area (Å²) in [7, 11) is 0. The Balaban J connectivity index is 2.51. The second-order valence-corrected chi connectivity index (χ2v) is 8.72. The smallest absolute Gasteiger partial charge is 0.323 e. The molecule has 0 spiro atoms. The Kier molecular flexibility index (Phi) is 6.85. The Hall–Kier alpha value is -1.55. The van der Waals surface area contributed by atoms with Crippen molar-refractivity contribution < 1.29 is 14.6 Å². The van der Waals surface area contributed by atoms with Gasteiger partial charge in [-0.3, -0.25) is 4.79 Å². The molecule has 1 aromatic carbocycles. The summed E-state index contributed by atoms with van der Waals surface area (Å²) in [5.41, 5.74) is 7.14. The Morgan fingerprint density at radius 3 is 2.04 bits per heavy atom. The van der Waals surface area contributed by atoms with Gasteiger partial charge in [0, 0.05) is 0 Å². The first-order chi connectivity index (χ1) is 10.9. The van der Waals surface area contributed by atoms with E-state index < -0.39 is 6.04 Å². The third-order valence-electron chi connectivity index (χ3n) is 4.44. The SMILES string of the molecule is CC(C)(C)C(CCOC(=O)C(N)Cc1ccc(O)cc1)C(C)(C)C. The molecule has 0 saturated carbocycles. The van der Waals surface area contributed by atoms with E-state index in [1.54, 1.807) is 24.3 Å². The van der Waals surface area contributed by atoms with Crippen LogP contribution >= 0.6 is 0 Å². The van der Waals surface area contributed by atoms with Gasteiger partial charge in [0.1, 0.15) is 11.8 Å². The van der Waals surface area contributed by atoms with Gasteiger partial charge in [-0.15, -0.1) is 0 Å². The monoisotopic (exact) mass is 335 g/mol. The molecule has 0 aliphatic rings. The summed E-state index contributed by atoms with van der Waals surface area (Å²) < 4.78 is 5.41. The minimum Gasteiger partial charge on any atom is -0.508 e. The number of ether oxygens (including phenoxy) is 1. The van der Waals surface area contributed by atoms with Crippen molar-refractivity contribution >= 4 is 5.97 Å². The fourth-order valence-corrected chi connectivity index (χ4v) is 3.52. The number of phenolic OH excluding ortho intramolecular Hbond substituents is 1. The lowest BCUT2D eigenvalue weighted by atomic mass is 9.65. The van der Waals surface area contributed by atoms with Crippen LogP contribution in [0.15, 0.2) is 24.3 Å². The van der Waals surface area contributed by atoms with E-state index >= 15 is 0 Å². The van der Waals surface area contributed by atoms with Crippen molar-refractivity contribution in [3.8, 4) is 5.75 Å². The molecule has 136 valence electrons. The maximum absolute atomic E-state index is 12.1. The number of esters is 1. The third-order valence-corrected chi connectivity index (χ3v) is 4.44. The summed E-state index contributed by atoms with van der Waals surface area (Å²) in [4.78, 5) is 12.1. The first-order valence-electron chi connectivity index (χ1n) is 8.61. The lowest BCUT2D eigenvalue weighted by molar-refractivity contribution is -0.146. The zero-order valence-corrected chi connectivity index (χ0v) is 15.9. The van der Waals surface area contributed by atoms with E-state index in [9.17, 15) is 9.90 Å². The molecule has 4 nitrogen and oxygen atoms in total. The molecule has 0 radical (unpaired) electrons. The normalized spacial score (nSPS) is 13.8. The summed E-state index contributed by atoms with van der Waals surface area (Å²) in [6, 6.07) is 6.02. The van der Waals surface area contributed by atoms with Gasteiger partial charge in [-0.25, -0.2) is 0 Å². The zero-order valence-electron chi connectivity index (χ0n) is 15.9. The molecule has 24 heavy (non-hydrogen) atoms. The van der Waals surface area contributed by atoms with Gasteiger partial charge in [-0.2, -0.15) is 0 Å². The Morgan fingerprint density at radius 1 is 1.08 bits per heavy atom. The molecule has 1 aromatic rings. The molecule has 4 heteroatoms. The zero-order chi connectivity index (χ0) is 18.5. The number of aromatic hydroxyl groups is 1. The van der Waals surface area contributed by atoms with Crippen molar-refractivity contribution in [3.05, 3.63) is 29.8 Å².